The summed E-state index contributed by atoms with van der Waals surface area (Å²) in [4.78, 5) is 13.5. The van der Waals surface area contributed by atoms with Gasteiger partial charge in [0, 0.05) is 37.9 Å². The first-order chi connectivity index (χ1) is 14.9. The van der Waals surface area contributed by atoms with E-state index in [9.17, 15) is 8.60 Å². The zero-order valence-electron chi connectivity index (χ0n) is 17.8. The third-order valence-corrected chi connectivity index (χ3v) is 6.62. The number of imidazole rings is 1. The van der Waals surface area contributed by atoms with Crippen LogP contribution >= 0.6 is 0 Å². The van der Waals surface area contributed by atoms with Crippen molar-refractivity contribution in [1.29, 1.82) is 0 Å². The van der Waals surface area contributed by atoms with Crippen LogP contribution in [-0.2, 0) is 11.0 Å². The van der Waals surface area contributed by atoms with E-state index in [-0.39, 0.29) is 17.7 Å². The van der Waals surface area contributed by atoms with E-state index in [2.05, 4.69) is 25.6 Å². The number of aromatic nitrogens is 4. The molecule has 0 aliphatic carbocycles. The monoisotopic (exact) mass is 443 g/mol. The SMILES string of the molecule is Cc1ncc(-c2nc(Nc3ccc(S(=O)N4CCNCC4)cc3)ncc2F)n1C(C)C. The van der Waals surface area contributed by atoms with Crippen molar-refractivity contribution in [3.8, 4) is 11.4 Å². The second kappa shape index (κ2) is 9.21. The number of hydrogen-bond donors (Lipinski definition) is 2. The number of rotatable bonds is 6. The molecular weight excluding hydrogens is 417 g/mol. The van der Waals surface area contributed by atoms with Crippen LogP contribution in [0.15, 0.2) is 41.6 Å². The first-order valence-electron chi connectivity index (χ1n) is 10.3. The Bertz CT molecular complexity index is 1080. The predicted molar refractivity (Wildman–Crippen MR) is 119 cm³/mol. The number of nitrogens with one attached hydrogen (secondary N) is 2. The lowest BCUT2D eigenvalue weighted by Gasteiger charge is -2.25. The number of benzene rings is 1. The Labute approximate surface area is 183 Å². The molecule has 2 N–H and O–H groups in total. The van der Waals surface area contributed by atoms with E-state index in [0.29, 0.717) is 5.69 Å². The first-order valence-corrected chi connectivity index (χ1v) is 11.4. The van der Waals surface area contributed by atoms with Crippen LogP contribution in [0.4, 0.5) is 16.0 Å². The van der Waals surface area contributed by atoms with Gasteiger partial charge in [0.15, 0.2) is 5.82 Å². The summed E-state index contributed by atoms with van der Waals surface area (Å²) in [6.07, 6.45) is 2.79. The highest BCUT2D eigenvalue weighted by atomic mass is 32.2. The Kier molecular flexibility index (Phi) is 6.40. The van der Waals surface area contributed by atoms with Crippen molar-refractivity contribution in [2.75, 3.05) is 31.5 Å². The minimum atomic E-state index is -1.19. The number of hydrogen-bond acceptors (Lipinski definition) is 6. The quantitative estimate of drug-likeness (QED) is 0.609. The van der Waals surface area contributed by atoms with Crippen molar-refractivity contribution in [2.24, 2.45) is 0 Å². The normalized spacial score (nSPS) is 15.9. The molecule has 3 aromatic rings. The molecule has 0 saturated carbocycles. The van der Waals surface area contributed by atoms with Crippen LogP contribution in [0.3, 0.4) is 0 Å². The fourth-order valence-corrected chi connectivity index (χ4v) is 4.81. The highest BCUT2D eigenvalue weighted by Gasteiger charge is 2.19. The van der Waals surface area contributed by atoms with E-state index < -0.39 is 16.8 Å². The van der Waals surface area contributed by atoms with Crippen molar-refractivity contribution in [1.82, 2.24) is 29.1 Å². The van der Waals surface area contributed by atoms with E-state index >= 15 is 0 Å². The van der Waals surface area contributed by atoms with Crippen LogP contribution < -0.4 is 10.6 Å². The first kappa shape index (κ1) is 21.5. The molecule has 31 heavy (non-hydrogen) atoms. The maximum atomic E-state index is 14.5. The predicted octanol–water partition coefficient (Wildman–Crippen LogP) is 3.04. The molecule has 0 spiro atoms. The molecule has 4 rings (SSSR count). The van der Waals surface area contributed by atoms with Gasteiger partial charge in [-0.2, -0.15) is 0 Å². The molecule has 1 aliphatic heterocycles. The average Bonchev–Trinajstić information content (AvgIpc) is 3.17. The molecule has 3 heterocycles. The Morgan fingerprint density at radius 3 is 2.52 bits per heavy atom. The maximum absolute atomic E-state index is 14.5. The second-order valence-electron chi connectivity index (χ2n) is 7.62. The number of aryl methyl sites for hydroxylation is 1. The van der Waals surface area contributed by atoms with Gasteiger partial charge in [0.1, 0.15) is 22.5 Å². The molecular formula is C21H26FN7OS. The van der Waals surface area contributed by atoms with Crippen molar-refractivity contribution >= 4 is 22.6 Å². The van der Waals surface area contributed by atoms with E-state index in [1.165, 1.54) is 0 Å². The molecule has 1 saturated heterocycles. The third kappa shape index (κ3) is 4.65. The van der Waals surface area contributed by atoms with E-state index in [4.69, 9.17) is 0 Å². The van der Waals surface area contributed by atoms with Crippen LogP contribution in [0.25, 0.3) is 11.4 Å². The van der Waals surface area contributed by atoms with Gasteiger partial charge in [-0.15, -0.1) is 0 Å². The van der Waals surface area contributed by atoms with Crippen molar-refractivity contribution in [2.45, 2.75) is 31.7 Å². The van der Waals surface area contributed by atoms with Crippen LogP contribution in [0, 0.1) is 12.7 Å². The molecule has 1 aromatic carbocycles. The maximum Gasteiger partial charge on any atom is 0.227 e. The molecule has 1 unspecified atom stereocenters. The largest absolute Gasteiger partial charge is 0.324 e. The Hall–Kier alpha value is -2.69. The number of piperazine rings is 1. The summed E-state index contributed by atoms with van der Waals surface area (Å²) in [6.45, 7) is 9.10. The second-order valence-corrected chi connectivity index (χ2v) is 9.11. The van der Waals surface area contributed by atoms with Gasteiger partial charge in [-0.3, -0.25) is 0 Å². The molecule has 8 nitrogen and oxygen atoms in total. The third-order valence-electron chi connectivity index (χ3n) is 5.11. The van der Waals surface area contributed by atoms with Crippen molar-refractivity contribution in [3.05, 3.63) is 48.3 Å². The summed E-state index contributed by atoms with van der Waals surface area (Å²) in [7, 11) is -1.19. The molecule has 1 fully saturated rings. The summed E-state index contributed by atoms with van der Waals surface area (Å²) in [6, 6.07) is 7.41. The van der Waals surface area contributed by atoms with Gasteiger partial charge in [0.2, 0.25) is 5.95 Å². The van der Waals surface area contributed by atoms with Gasteiger partial charge < -0.3 is 15.2 Å². The number of halogens is 1. The molecule has 1 atom stereocenters. The molecule has 164 valence electrons. The van der Waals surface area contributed by atoms with Gasteiger partial charge in [0.05, 0.1) is 23.0 Å². The summed E-state index contributed by atoms with van der Waals surface area (Å²) in [5, 5.41) is 6.36. The van der Waals surface area contributed by atoms with Crippen molar-refractivity contribution < 1.29 is 8.60 Å². The highest BCUT2D eigenvalue weighted by molar-refractivity contribution is 7.82. The van der Waals surface area contributed by atoms with Gasteiger partial charge in [-0.05, 0) is 45.0 Å². The van der Waals surface area contributed by atoms with E-state index in [0.717, 1.165) is 48.8 Å². The van der Waals surface area contributed by atoms with E-state index in [1.807, 2.05) is 53.9 Å². The lowest BCUT2D eigenvalue weighted by molar-refractivity contribution is 0.380. The topological polar surface area (TPSA) is 88.0 Å². The summed E-state index contributed by atoms with van der Waals surface area (Å²) in [5.41, 5.74) is 1.53. The summed E-state index contributed by atoms with van der Waals surface area (Å²) >= 11 is 0. The molecule has 2 aromatic heterocycles. The summed E-state index contributed by atoms with van der Waals surface area (Å²) < 4.78 is 31.1. The summed E-state index contributed by atoms with van der Waals surface area (Å²) in [5.74, 6) is 0.571. The van der Waals surface area contributed by atoms with E-state index in [1.54, 1.807) is 6.20 Å². The van der Waals surface area contributed by atoms with Crippen LogP contribution in [0.5, 0.6) is 0 Å². The van der Waals surface area contributed by atoms with Crippen LogP contribution in [0.1, 0.15) is 25.7 Å². The Balaban J connectivity index is 1.54. The lowest BCUT2D eigenvalue weighted by Crippen LogP contribution is -2.44. The minimum absolute atomic E-state index is 0.118. The Morgan fingerprint density at radius 2 is 1.84 bits per heavy atom. The minimum Gasteiger partial charge on any atom is -0.324 e. The van der Waals surface area contributed by atoms with Gasteiger partial charge in [0.25, 0.3) is 0 Å². The average molecular weight is 444 g/mol. The fourth-order valence-electron chi connectivity index (χ4n) is 3.63. The van der Waals surface area contributed by atoms with Crippen LogP contribution in [0.2, 0.25) is 0 Å². The molecule has 0 bridgehead atoms. The van der Waals surface area contributed by atoms with Crippen LogP contribution in [-0.4, -0.2) is 54.2 Å². The number of anilines is 2. The number of nitrogens with zero attached hydrogens (tertiary/aromatic N) is 5. The van der Waals surface area contributed by atoms with Gasteiger partial charge >= 0.3 is 0 Å². The molecule has 1 aliphatic rings. The lowest BCUT2D eigenvalue weighted by atomic mass is 10.2. The van der Waals surface area contributed by atoms with Crippen molar-refractivity contribution in [3.63, 3.8) is 0 Å². The van der Waals surface area contributed by atoms with Gasteiger partial charge in [-0.1, -0.05) is 0 Å². The zero-order chi connectivity index (χ0) is 22.0. The molecule has 10 heteroatoms. The van der Waals surface area contributed by atoms with Gasteiger partial charge in [-0.25, -0.2) is 27.9 Å². The highest BCUT2D eigenvalue weighted by Crippen LogP contribution is 2.26. The molecule has 0 radical (unpaired) electrons. The standard InChI is InChI=1S/C21H26FN7OS/c1-14(2)29-15(3)24-13-19(29)20-18(22)12-25-21(27-20)26-16-4-6-17(7-5-16)31(30)28-10-8-23-9-11-28/h4-7,12-14,23H,8-11H2,1-3H3,(H,25,26,27). The fraction of sp³-hybridized carbons (Fsp3) is 0.381. The molecule has 0 amide bonds. The Morgan fingerprint density at radius 1 is 1.13 bits per heavy atom. The smallest absolute Gasteiger partial charge is 0.227 e. The zero-order valence-corrected chi connectivity index (χ0v) is 18.6.